The smallest absolute Gasteiger partial charge is 0.270 e. The summed E-state index contributed by atoms with van der Waals surface area (Å²) in [7, 11) is 5.06. The average Bonchev–Trinajstić information content (AvgIpc) is 3.03. The number of fused-ring (bicyclic) bond motifs is 1. The van der Waals surface area contributed by atoms with Crippen molar-refractivity contribution in [2.24, 2.45) is 0 Å². The van der Waals surface area contributed by atoms with Crippen molar-refractivity contribution in [1.29, 1.82) is 0 Å². The molecule has 142 valence electrons. The highest BCUT2D eigenvalue weighted by Crippen LogP contribution is 2.25. The van der Waals surface area contributed by atoms with E-state index in [0.717, 1.165) is 13.0 Å². The molecule has 3 atom stereocenters. The van der Waals surface area contributed by atoms with Gasteiger partial charge in [0, 0.05) is 51.5 Å². The third kappa shape index (κ3) is 4.31. The molecule has 3 rings (SSSR count). The molecule has 0 unspecified atom stereocenters. The quantitative estimate of drug-likeness (QED) is 0.802. The molecule has 0 radical (unpaired) electrons. The number of methoxy groups -OCH3 is 1. The molecule has 1 aromatic heterocycles. The van der Waals surface area contributed by atoms with Crippen LogP contribution in [0.2, 0.25) is 0 Å². The van der Waals surface area contributed by atoms with Gasteiger partial charge >= 0.3 is 0 Å². The number of nitrogens with one attached hydrogen (secondary N) is 1. The molecular formula is C18H26N4O4. The van der Waals surface area contributed by atoms with Crippen molar-refractivity contribution in [3.05, 3.63) is 24.0 Å². The predicted molar refractivity (Wildman–Crippen MR) is 95.1 cm³/mol. The number of hydrogen-bond donors (Lipinski definition) is 1. The summed E-state index contributed by atoms with van der Waals surface area (Å²) in [5.41, 5.74) is 0.347. The fourth-order valence-corrected chi connectivity index (χ4v) is 3.47. The minimum Gasteiger partial charge on any atom is -0.497 e. The van der Waals surface area contributed by atoms with E-state index in [1.54, 1.807) is 44.4 Å². The van der Waals surface area contributed by atoms with E-state index < -0.39 is 0 Å². The summed E-state index contributed by atoms with van der Waals surface area (Å²) in [4.78, 5) is 32.3. The van der Waals surface area contributed by atoms with Crippen LogP contribution in [-0.2, 0) is 9.53 Å². The Labute approximate surface area is 153 Å². The van der Waals surface area contributed by atoms with Gasteiger partial charge in [0.2, 0.25) is 5.91 Å². The molecule has 3 heterocycles. The lowest BCUT2D eigenvalue weighted by atomic mass is 10.1. The van der Waals surface area contributed by atoms with Gasteiger partial charge in [-0.15, -0.1) is 0 Å². The van der Waals surface area contributed by atoms with Crippen LogP contribution in [0.3, 0.4) is 0 Å². The summed E-state index contributed by atoms with van der Waals surface area (Å²) >= 11 is 0. The fraction of sp³-hybridized carbons (Fsp3) is 0.611. The number of pyridine rings is 1. The molecule has 0 aromatic carbocycles. The maximum Gasteiger partial charge on any atom is 0.270 e. The zero-order chi connectivity index (χ0) is 18.7. The molecule has 2 saturated heterocycles. The van der Waals surface area contributed by atoms with Crippen LogP contribution in [-0.4, -0.2) is 85.7 Å². The third-order valence-corrected chi connectivity index (χ3v) is 4.93. The van der Waals surface area contributed by atoms with Crippen molar-refractivity contribution >= 4 is 11.8 Å². The van der Waals surface area contributed by atoms with Crippen LogP contribution in [0.4, 0.5) is 0 Å². The van der Waals surface area contributed by atoms with E-state index >= 15 is 0 Å². The van der Waals surface area contributed by atoms with Crippen LogP contribution < -0.4 is 10.1 Å². The average molecular weight is 362 g/mol. The normalized spacial score (nSPS) is 25.4. The molecule has 2 aliphatic rings. The van der Waals surface area contributed by atoms with E-state index in [2.05, 4.69) is 15.2 Å². The molecule has 0 saturated carbocycles. The number of hydrogen-bond acceptors (Lipinski definition) is 6. The number of nitrogens with zero attached hydrogens (tertiary/aromatic N) is 3. The zero-order valence-electron chi connectivity index (χ0n) is 15.5. The first-order valence-electron chi connectivity index (χ1n) is 8.83. The SMILES string of the molecule is COc1ccnc(C(=O)N[C@@H]2C[C@H]3CO[C@@H](CC(=O)N(C)C)CN3C2)c1. The van der Waals surface area contributed by atoms with Gasteiger partial charge in [-0.25, -0.2) is 0 Å². The van der Waals surface area contributed by atoms with Gasteiger partial charge in [0.25, 0.3) is 5.91 Å². The highest BCUT2D eigenvalue weighted by molar-refractivity contribution is 5.92. The lowest BCUT2D eigenvalue weighted by Gasteiger charge is -2.35. The van der Waals surface area contributed by atoms with Crippen molar-refractivity contribution < 1.29 is 19.1 Å². The van der Waals surface area contributed by atoms with Crippen LogP contribution in [0, 0.1) is 0 Å². The molecule has 2 aliphatic heterocycles. The van der Waals surface area contributed by atoms with E-state index in [1.165, 1.54) is 0 Å². The largest absolute Gasteiger partial charge is 0.497 e. The van der Waals surface area contributed by atoms with Gasteiger partial charge < -0.3 is 19.7 Å². The number of amides is 2. The standard InChI is InChI=1S/C18H26N4O4/c1-21(2)17(23)8-15-10-22-9-12(6-13(22)11-26-15)20-18(24)16-7-14(25-3)4-5-19-16/h4-5,7,12-13,15H,6,8-11H2,1-3H3,(H,20,24)/t12-,13+,15+/m1/s1. The Morgan fingerprint density at radius 1 is 1.42 bits per heavy atom. The second-order valence-corrected chi connectivity index (χ2v) is 7.04. The van der Waals surface area contributed by atoms with E-state index in [1.807, 2.05) is 0 Å². The lowest BCUT2D eigenvalue weighted by Crippen LogP contribution is -2.47. The van der Waals surface area contributed by atoms with Crippen LogP contribution in [0.25, 0.3) is 0 Å². The number of rotatable bonds is 5. The first-order chi connectivity index (χ1) is 12.5. The third-order valence-electron chi connectivity index (χ3n) is 4.93. The summed E-state index contributed by atoms with van der Waals surface area (Å²) in [6.45, 7) is 2.07. The molecule has 26 heavy (non-hydrogen) atoms. The highest BCUT2D eigenvalue weighted by atomic mass is 16.5. The van der Waals surface area contributed by atoms with Crippen LogP contribution in [0.1, 0.15) is 23.3 Å². The molecule has 1 N–H and O–H groups in total. The number of carbonyl (C=O) groups excluding carboxylic acids is 2. The van der Waals surface area contributed by atoms with E-state index in [4.69, 9.17) is 9.47 Å². The molecule has 8 nitrogen and oxygen atoms in total. The Kier molecular flexibility index (Phi) is 5.73. The monoisotopic (exact) mass is 362 g/mol. The van der Waals surface area contributed by atoms with Gasteiger partial charge in [0.05, 0.1) is 26.2 Å². The lowest BCUT2D eigenvalue weighted by molar-refractivity contribution is -0.134. The first-order valence-corrected chi connectivity index (χ1v) is 8.83. The van der Waals surface area contributed by atoms with Crippen molar-refractivity contribution in [1.82, 2.24) is 20.1 Å². The summed E-state index contributed by atoms with van der Waals surface area (Å²) in [5, 5.41) is 3.05. The summed E-state index contributed by atoms with van der Waals surface area (Å²) < 4.78 is 11.0. The minimum absolute atomic E-state index is 0.0485. The van der Waals surface area contributed by atoms with Crippen LogP contribution >= 0.6 is 0 Å². The molecule has 2 amide bonds. The highest BCUT2D eigenvalue weighted by Gasteiger charge is 2.38. The first kappa shape index (κ1) is 18.6. The molecule has 0 spiro atoms. The number of ether oxygens (including phenoxy) is 2. The molecule has 0 aliphatic carbocycles. The van der Waals surface area contributed by atoms with Crippen molar-refractivity contribution in [2.45, 2.75) is 31.0 Å². The summed E-state index contributed by atoms with van der Waals surface area (Å²) in [5.74, 6) is 0.478. The van der Waals surface area contributed by atoms with Crippen molar-refractivity contribution in [2.75, 3.05) is 40.9 Å². The van der Waals surface area contributed by atoms with Crippen LogP contribution in [0.15, 0.2) is 18.3 Å². The molecule has 1 aromatic rings. The predicted octanol–water partition coefficient (Wildman–Crippen LogP) is 0.140. The summed E-state index contributed by atoms with van der Waals surface area (Å²) in [6, 6.07) is 3.67. The van der Waals surface area contributed by atoms with Gasteiger partial charge in [0.15, 0.2) is 0 Å². The van der Waals surface area contributed by atoms with Gasteiger partial charge in [0.1, 0.15) is 11.4 Å². The Bertz CT molecular complexity index is 666. The van der Waals surface area contributed by atoms with Gasteiger partial charge in [-0.2, -0.15) is 0 Å². The Balaban J connectivity index is 1.53. The Morgan fingerprint density at radius 2 is 2.23 bits per heavy atom. The maximum absolute atomic E-state index is 12.4. The van der Waals surface area contributed by atoms with E-state index in [9.17, 15) is 9.59 Å². The summed E-state index contributed by atoms with van der Waals surface area (Å²) in [6.07, 6.45) is 2.70. The van der Waals surface area contributed by atoms with Crippen molar-refractivity contribution in [3.8, 4) is 5.75 Å². The molecule has 0 bridgehead atoms. The number of morpholine rings is 1. The molecule has 2 fully saturated rings. The second-order valence-electron chi connectivity index (χ2n) is 7.04. The Morgan fingerprint density at radius 3 is 2.96 bits per heavy atom. The van der Waals surface area contributed by atoms with Gasteiger partial charge in [-0.3, -0.25) is 19.5 Å². The topological polar surface area (TPSA) is 84.0 Å². The Hall–Kier alpha value is -2.19. The number of aromatic nitrogens is 1. The number of carbonyl (C=O) groups is 2. The fourth-order valence-electron chi connectivity index (χ4n) is 3.47. The van der Waals surface area contributed by atoms with E-state index in [-0.39, 0.29) is 30.0 Å². The van der Waals surface area contributed by atoms with E-state index in [0.29, 0.717) is 31.0 Å². The minimum atomic E-state index is -0.200. The van der Waals surface area contributed by atoms with Crippen LogP contribution in [0.5, 0.6) is 5.75 Å². The zero-order valence-corrected chi connectivity index (χ0v) is 15.5. The second kappa shape index (κ2) is 8.01. The maximum atomic E-state index is 12.4. The van der Waals surface area contributed by atoms with Crippen molar-refractivity contribution in [3.63, 3.8) is 0 Å². The molecule has 8 heteroatoms. The molecular weight excluding hydrogens is 336 g/mol. The van der Waals surface area contributed by atoms with Gasteiger partial charge in [-0.05, 0) is 12.5 Å². The van der Waals surface area contributed by atoms with Gasteiger partial charge in [-0.1, -0.05) is 0 Å².